The van der Waals surface area contributed by atoms with Gasteiger partial charge in [0, 0.05) is 71.7 Å². The second kappa shape index (κ2) is 17.0. The van der Waals surface area contributed by atoms with Gasteiger partial charge in [-0.2, -0.15) is 9.97 Å². The van der Waals surface area contributed by atoms with Crippen LogP contribution in [0.5, 0.6) is 23.5 Å². The Morgan fingerprint density at radius 1 is 0.614 bits per heavy atom. The summed E-state index contributed by atoms with van der Waals surface area (Å²) >= 11 is 13.7. The summed E-state index contributed by atoms with van der Waals surface area (Å²) in [5.41, 5.74) is 4.75. The van der Waals surface area contributed by atoms with E-state index < -0.39 is 0 Å². The van der Waals surface area contributed by atoms with Crippen molar-refractivity contribution in [3.8, 4) is 34.6 Å². The Morgan fingerprint density at radius 2 is 1.05 bits per heavy atom. The monoisotopic (exact) mass is 642 g/mol. The maximum absolute atomic E-state index is 8.99. The van der Waals surface area contributed by atoms with Crippen molar-refractivity contribution >= 4 is 23.2 Å². The van der Waals surface area contributed by atoms with Crippen molar-refractivity contribution in [1.29, 1.82) is 0 Å². The summed E-state index contributed by atoms with van der Waals surface area (Å²) in [6.45, 7) is 2.44. The van der Waals surface area contributed by atoms with Crippen LogP contribution in [0.15, 0.2) is 60.7 Å². The minimum atomic E-state index is 0.0492. The fourth-order valence-electron chi connectivity index (χ4n) is 4.39. The number of aliphatic hydroxyl groups excluding tert-OH is 2. The van der Waals surface area contributed by atoms with Crippen LogP contribution in [0.25, 0.3) is 11.1 Å². The number of rotatable bonds is 17. The molecule has 0 radical (unpaired) electrons. The van der Waals surface area contributed by atoms with Gasteiger partial charge in [-0.15, -0.1) is 0 Å². The van der Waals surface area contributed by atoms with E-state index >= 15 is 0 Å². The third kappa shape index (κ3) is 8.72. The third-order valence-electron chi connectivity index (χ3n) is 6.62. The molecular weight excluding hydrogens is 607 g/mol. The topological polar surface area (TPSA) is 127 Å². The lowest BCUT2D eigenvalue weighted by molar-refractivity contribution is 0.284. The van der Waals surface area contributed by atoms with E-state index in [2.05, 4.69) is 20.6 Å². The van der Waals surface area contributed by atoms with Gasteiger partial charge in [-0.3, -0.25) is 0 Å². The summed E-state index contributed by atoms with van der Waals surface area (Å²) in [5.74, 6) is 1.67. The number of hydrogen-bond donors (Lipinski definition) is 4. The van der Waals surface area contributed by atoms with E-state index in [9.17, 15) is 0 Å². The van der Waals surface area contributed by atoms with Crippen molar-refractivity contribution in [2.75, 3.05) is 40.5 Å². The van der Waals surface area contributed by atoms with E-state index in [1.807, 2.05) is 48.5 Å². The molecule has 4 rings (SSSR count). The quantitative estimate of drug-likeness (QED) is 0.119. The molecule has 0 unspecified atom stereocenters. The molecule has 0 atom stereocenters. The second-order valence-corrected chi connectivity index (χ2v) is 10.3. The summed E-state index contributed by atoms with van der Waals surface area (Å²) in [5, 5.41) is 25.2. The molecule has 4 N–H and O–H groups in total. The normalized spacial score (nSPS) is 11.0. The SMILES string of the molecule is COc1nc(OCc2cccc(-c3cccc(COc4ccc(CNCCO)c(OC)n4)c3Cl)c2Cl)ccc1CNCCO. The van der Waals surface area contributed by atoms with Gasteiger partial charge in [0.15, 0.2) is 0 Å². The standard InChI is InChI=1S/C32H36Cl2N4O6/c1-41-31-21(17-35-13-15-39)9-11-27(37-31)43-19-23-5-3-7-25(29(23)33)26-8-4-6-24(30(26)34)20-44-28-12-10-22(18-36-14-16-40)32(38-28)42-2/h3-12,35-36,39-40H,13-20H2,1-2H3. The molecule has 0 fully saturated rings. The molecular formula is C32H36Cl2N4O6. The van der Waals surface area contributed by atoms with E-state index in [4.69, 9.17) is 52.4 Å². The first-order valence-electron chi connectivity index (χ1n) is 14.0. The highest BCUT2D eigenvalue weighted by Gasteiger charge is 2.16. The Labute approximate surface area is 266 Å². The van der Waals surface area contributed by atoms with E-state index in [0.717, 1.165) is 33.4 Å². The third-order valence-corrected chi connectivity index (χ3v) is 7.51. The minimum Gasteiger partial charge on any atom is -0.481 e. The van der Waals surface area contributed by atoms with Crippen LogP contribution >= 0.6 is 23.2 Å². The first-order chi connectivity index (χ1) is 21.5. The molecule has 0 aliphatic heterocycles. The summed E-state index contributed by atoms with van der Waals surface area (Å²) < 4.78 is 22.7. The first kappa shape index (κ1) is 33.3. The fraction of sp³-hybridized carbons (Fsp3) is 0.312. The summed E-state index contributed by atoms with van der Waals surface area (Å²) in [6, 6.07) is 18.7. The van der Waals surface area contributed by atoms with Crippen LogP contribution in [0.4, 0.5) is 0 Å². The molecule has 234 valence electrons. The molecule has 0 aliphatic rings. The lowest BCUT2D eigenvalue weighted by Crippen LogP contribution is -2.18. The number of halogens is 2. The fourth-order valence-corrected chi connectivity index (χ4v) is 4.96. The van der Waals surface area contributed by atoms with Crippen LogP contribution in [-0.4, -0.2) is 60.7 Å². The smallest absolute Gasteiger partial charge is 0.220 e. The van der Waals surface area contributed by atoms with E-state index in [1.54, 1.807) is 26.4 Å². The second-order valence-electron chi connectivity index (χ2n) is 9.57. The molecule has 0 saturated carbocycles. The number of pyridine rings is 2. The van der Waals surface area contributed by atoms with Crippen molar-refractivity contribution in [2.24, 2.45) is 0 Å². The van der Waals surface area contributed by atoms with Crippen LogP contribution < -0.4 is 29.6 Å². The van der Waals surface area contributed by atoms with Gasteiger partial charge in [0.05, 0.1) is 37.5 Å². The zero-order valence-corrected chi connectivity index (χ0v) is 26.1. The number of aliphatic hydroxyl groups is 2. The molecule has 44 heavy (non-hydrogen) atoms. The molecule has 0 bridgehead atoms. The van der Waals surface area contributed by atoms with Gasteiger partial charge in [-0.05, 0) is 12.1 Å². The van der Waals surface area contributed by atoms with Crippen LogP contribution in [0, 0.1) is 0 Å². The Kier molecular flexibility index (Phi) is 12.9. The number of nitrogens with one attached hydrogen (secondary N) is 2. The molecule has 10 nitrogen and oxygen atoms in total. The van der Waals surface area contributed by atoms with Crippen molar-refractivity contribution in [1.82, 2.24) is 20.6 Å². The molecule has 2 aromatic heterocycles. The maximum Gasteiger partial charge on any atom is 0.220 e. The van der Waals surface area contributed by atoms with Crippen molar-refractivity contribution in [3.63, 3.8) is 0 Å². The highest BCUT2D eigenvalue weighted by molar-refractivity contribution is 6.37. The van der Waals surface area contributed by atoms with Gasteiger partial charge in [-0.25, -0.2) is 0 Å². The van der Waals surface area contributed by atoms with E-state index in [-0.39, 0.29) is 26.4 Å². The molecule has 0 saturated heterocycles. The van der Waals surface area contributed by atoms with Gasteiger partial charge in [-0.1, -0.05) is 59.6 Å². The summed E-state index contributed by atoms with van der Waals surface area (Å²) in [7, 11) is 3.10. The maximum atomic E-state index is 8.99. The van der Waals surface area contributed by atoms with Gasteiger partial charge in [0.1, 0.15) is 13.2 Å². The predicted molar refractivity (Wildman–Crippen MR) is 170 cm³/mol. The highest BCUT2D eigenvalue weighted by Crippen LogP contribution is 2.37. The highest BCUT2D eigenvalue weighted by atomic mass is 35.5. The number of nitrogens with zero attached hydrogens (tertiary/aromatic N) is 2. The Hall–Kier alpha value is -3.64. The zero-order chi connectivity index (χ0) is 31.3. The number of aromatic nitrogens is 2. The summed E-state index contributed by atoms with van der Waals surface area (Å²) in [6.07, 6.45) is 0. The molecule has 4 aromatic rings. The molecule has 2 heterocycles. The summed E-state index contributed by atoms with van der Waals surface area (Å²) in [4.78, 5) is 8.90. The molecule has 0 amide bonds. The van der Waals surface area contributed by atoms with E-state index in [0.29, 0.717) is 59.7 Å². The van der Waals surface area contributed by atoms with Crippen molar-refractivity contribution < 1.29 is 29.2 Å². The Morgan fingerprint density at radius 3 is 1.43 bits per heavy atom. The number of hydrogen-bond acceptors (Lipinski definition) is 10. The lowest BCUT2D eigenvalue weighted by Gasteiger charge is -2.15. The van der Waals surface area contributed by atoms with Gasteiger partial charge in [0.25, 0.3) is 0 Å². The van der Waals surface area contributed by atoms with Gasteiger partial charge >= 0.3 is 0 Å². The van der Waals surface area contributed by atoms with E-state index in [1.165, 1.54) is 0 Å². The van der Waals surface area contributed by atoms with Gasteiger partial charge < -0.3 is 39.8 Å². The number of benzene rings is 2. The largest absolute Gasteiger partial charge is 0.481 e. The Bertz CT molecular complexity index is 1410. The van der Waals surface area contributed by atoms with Crippen LogP contribution in [0.3, 0.4) is 0 Å². The molecule has 0 spiro atoms. The Balaban J connectivity index is 1.45. The minimum absolute atomic E-state index is 0.0492. The average molecular weight is 644 g/mol. The lowest BCUT2D eigenvalue weighted by atomic mass is 10.0. The van der Waals surface area contributed by atoms with Crippen LogP contribution in [0.2, 0.25) is 10.0 Å². The van der Waals surface area contributed by atoms with Gasteiger partial charge in [0.2, 0.25) is 23.5 Å². The average Bonchev–Trinajstić information content (AvgIpc) is 3.05. The molecule has 12 heteroatoms. The molecule has 2 aromatic carbocycles. The number of ether oxygens (including phenoxy) is 4. The zero-order valence-electron chi connectivity index (χ0n) is 24.6. The first-order valence-corrected chi connectivity index (χ1v) is 14.8. The molecule has 0 aliphatic carbocycles. The predicted octanol–water partition coefficient (Wildman–Crippen LogP) is 4.79. The van der Waals surface area contributed by atoms with Crippen LogP contribution in [0.1, 0.15) is 22.3 Å². The van der Waals surface area contributed by atoms with Crippen molar-refractivity contribution in [2.45, 2.75) is 26.3 Å². The van der Waals surface area contributed by atoms with Crippen molar-refractivity contribution in [3.05, 3.63) is 93.0 Å². The van der Waals surface area contributed by atoms with Crippen LogP contribution in [-0.2, 0) is 26.3 Å². The number of methoxy groups -OCH3 is 2.